The molecule has 2 rings (SSSR count). The average molecular weight is 716 g/mol. The van der Waals surface area contributed by atoms with Crippen LogP contribution in [0.15, 0.2) is 38.5 Å². The number of aryl methyl sites for hydroxylation is 1. The molecule has 0 unspecified atom stereocenters. The summed E-state index contributed by atoms with van der Waals surface area (Å²) in [7, 11) is 0. The predicted molar refractivity (Wildman–Crippen MR) is 189 cm³/mol. The molecule has 5 atom stereocenters. The standard InChI is InChI=1S/C33H49N9O9/c1-17-15-27(46)51-26-16-22(11-12-23(17)26)40-30(48)24(9-6-7-13-36-20(4)44)42-31(49)25(10-8-14-37-33(34)35)41-29(47)18(2)38-32(50)28(19(3)43)39-21(5)45/h11-12,15-16,18-19,24-25,28,43H,6-10,13-14H2,1-5H3,(H,36,44)(H,38,50)(H,39,45)(H,40,48)(H,41,47)(H,42,49)(H4,34,35,37)/t18-,19-,24-,25-,28-/m0/s1. The van der Waals surface area contributed by atoms with Gasteiger partial charge in [-0.05, 0) is 70.6 Å². The summed E-state index contributed by atoms with van der Waals surface area (Å²) in [4.78, 5) is 91.8. The van der Waals surface area contributed by atoms with E-state index in [1.54, 1.807) is 19.1 Å². The maximum absolute atomic E-state index is 13.7. The number of benzene rings is 1. The number of anilines is 1. The van der Waals surface area contributed by atoms with E-state index in [2.05, 4.69) is 36.9 Å². The monoisotopic (exact) mass is 715 g/mol. The highest BCUT2D eigenvalue weighted by molar-refractivity contribution is 6.00. The average Bonchev–Trinajstić information content (AvgIpc) is 3.03. The van der Waals surface area contributed by atoms with E-state index in [1.165, 1.54) is 39.8 Å². The van der Waals surface area contributed by atoms with Crippen LogP contribution in [0.5, 0.6) is 0 Å². The molecule has 0 saturated carbocycles. The Morgan fingerprint density at radius 1 is 0.824 bits per heavy atom. The van der Waals surface area contributed by atoms with Crippen LogP contribution >= 0.6 is 0 Å². The van der Waals surface area contributed by atoms with E-state index >= 15 is 0 Å². The number of aliphatic hydroxyl groups excluding tert-OH is 1. The van der Waals surface area contributed by atoms with Gasteiger partial charge >= 0.3 is 5.63 Å². The van der Waals surface area contributed by atoms with Crippen molar-refractivity contribution in [2.75, 3.05) is 18.4 Å². The van der Waals surface area contributed by atoms with Crippen molar-refractivity contribution in [3.63, 3.8) is 0 Å². The largest absolute Gasteiger partial charge is 0.423 e. The van der Waals surface area contributed by atoms with E-state index in [0.29, 0.717) is 36.0 Å². The van der Waals surface area contributed by atoms with Crippen molar-refractivity contribution in [2.24, 2.45) is 16.5 Å². The quantitative estimate of drug-likeness (QED) is 0.0359. The fourth-order valence-electron chi connectivity index (χ4n) is 4.97. The van der Waals surface area contributed by atoms with Gasteiger partial charge in [-0.25, -0.2) is 4.79 Å². The molecule has 51 heavy (non-hydrogen) atoms. The van der Waals surface area contributed by atoms with Gasteiger partial charge in [0.05, 0.1) is 6.10 Å². The summed E-state index contributed by atoms with van der Waals surface area (Å²) in [6.45, 7) is 7.44. The van der Waals surface area contributed by atoms with E-state index < -0.39 is 65.4 Å². The number of aliphatic hydroxyl groups is 1. The number of aliphatic imine (C=N–C) groups is 1. The van der Waals surface area contributed by atoms with E-state index in [0.717, 1.165) is 0 Å². The summed E-state index contributed by atoms with van der Waals surface area (Å²) in [6, 6.07) is 1.31. The summed E-state index contributed by atoms with van der Waals surface area (Å²) in [5.41, 5.74) is 11.5. The van der Waals surface area contributed by atoms with E-state index in [1.807, 2.05) is 0 Å². The molecule has 280 valence electrons. The second-order valence-electron chi connectivity index (χ2n) is 12.1. The Kier molecular flexibility index (Phi) is 16.5. The zero-order valence-corrected chi connectivity index (χ0v) is 29.5. The molecule has 1 aromatic carbocycles. The van der Waals surface area contributed by atoms with Crippen LogP contribution in [-0.4, -0.2) is 89.9 Å². The lowest BCUT2D eigenvalue weighted by Crippen LogP contribution is -2.58. The van der Waals surface area contributed by atoms with Gasteiger partial charge in [0.2, 0.25) is 35.4 Å². The Balaban J connectivity index is 2.28. The molecule has 11 N–H and O–H groups in total. The summed E-state index contributed by atoms with van der Waals surface area (Å²) in [6.07, 6.45) is 0.103. The molecule has 6 amide bonds. The molecule has 1 aromatic heterocycles. The van der Waals surface area contributed by atoms with Crippen molar-refractivity contribution in [1.29, 1.82) is 0 Å². The molecule has 2 aromatic rings. The normalized spacial score (nSPS) is 13.8. The molecule has 0 bridgehead atoms. The van der Waals surface area contributed by atoms with E-state index in [9.17, 15) is 38.7 Å². The zero-order valence-electron chi connectivity index (χ0n) is 29.5. The van der Waals surface area contributed by atoms with Gasteiger partial charge in [0.25, 0.3) is 0 Å². The molecule has 18 nitrogen and oxygen atoms in total. The van der Waals surface area contributed by atoms with Gasteiger partial charge < -0.3 is 52.9 Å². The predicted octanol–water partition coefficient (Wildman–Crippen LogP) is -1.24. The third-order valence-corrected chi connectivity index (χ3v) is 7.60. The second kappa shape index (κ2) is 20.2. The van der Waals surface area contributed by atoms with Gasteiger partial charge in [0.15, 0.2) is 5.96 Å². The molecule has 18 heteroatoms. The Hall–Kier alpha value is -5.52. The molecular weight excluding hydrogens is 666 g/mol. The minimum absolute atomic E-state index is 0.0388. The minimum atomic E-state index is -1.33. The van der Waals surface area contributed by atoms with Crippen molar-refractivity contribution >= 4 is 58.1 Å². The number of carbonyl (C=O) groups is 6. The highest BCUT2D eigenvalue weighted by Crippen LogP contribution is 2.21. The SMILES string of the molecule is CC(=O)NCCCC[C@H](NC(=O)[C@H](CCCN=C(N)N)NC(=O)[C@H](C)NC(=O)[C@@H](NC(C)=O)[C@H](C)O)C(=O)Nc1ccc2c(C)cc(=O)oc2c1. The lowest BCUT2D eigenvalue weighted by atomic mass is 10.1. The highest BCUT2D eigenvalue weighted by atomic mass is 16.4. The Morgan fingerprint density at radius 2 is 1.47 bits per heavy atom. The molecule has 0 aliphatic rings. The number of nitrogens with two attached hydrogens (primary N) is 2. The fraction of sp³-hybridized carbons (Fsp3) is 0.515. The van der Waals surface area contributed by atoms with Crippen LogP contribution in [0.2, 0.25) is 0 Å². The minimum Gasteiger partial charge on any atom is -0.423 e. The van der Waals surface area contributed by atoms with Gasteiger partial charge in [-0.2, -0.15) is 0 Å². The number of rotatable bonds is 19. The molecule has 0 radical (unpaired) electrons. The van der Waals surface area contributed by atoms with Crippen LogP contribution in [0.4, 0.5) is 5.69 Å². The lowest BCUT2D eigenvalue weighted by molar-refractivity contribution is -0.135. The Labute approximate surface area is 294 Å². The Morgan fingerprint density at radius 3 is 2.10 bits per heavy atom. The first kappa shape index (κ1) is 41.7. The van der Waals surface area contributed by atoms with Gasteiger partial charge in [0, 0.05) is 50.1 Å². The van der Waals surface area contributed by atoms with Crippen molar-refractivity contribution in [3.8, 4) is 0 Å². The van der Waals surface area contributed by atoms with Crippen LogP contribution < -0.4 is 49.0 Å². The summed E-state index contributed by atoms with van der Waals surface area (Å²) in [5, 5.41) is 26.0. The maximum atomic E-state index is 13.7. The van der Waals surface area contributed by atoms with Gasteiger partial charge in [-0.3, -0.25) is 33.8 Å². The van der Waals surface area contributed by atoms with Crippen LogP contribution in [-0.2, 0) is 28.8 Å². The van der Waals surface area contributed by atoms with Gasteiger partial charge in [-0.1, -0.05) is 0 Å². The number of hydrogen-bond acceptors (Lipinski definition) is 10. The first-order valence-corrected chi connectivity index (χ1v) is 16.5. The summed E-state index contributed by atoms with van der Waals surface area (Å²) in [5.74, 6) is -3.84. The van der Waals surface area contributed by atoms with E-state index in [4.69, 9.17) is 15.9 Å². The van der Waals surface area contributed by atoms with E-state index in [-0.39, 0.29) is 43.3 Å². The molecule has 0 fully saturated rings. The van der Waals surface area contributed by atoms with Crippen LogP contribution in [0.1, 0.15) is 65.4 Å². The number of nitrogens with zero attached hydrogens (tertiary/aromatic N) is 1. The maximum Gasteiger partial charge on any atom is 0.336 e. The van der Waals surface area contributed by atoms with Gasteiger partial charge in [0.1, 0.15) is 29.8 Å². The number of fused-ring (bicyclic) bond motifs is 1. The van der Waals surface area contributed by atoms with Crippen molar-refractivity contribution < 1.29 is 38.3 Å². The van der Waals surface area contributed by atoms with Crippen LogP contribution in [0, 0.1) is 6.92 Å². The lowest BCUT2D eigenvalue weighted by Gasteiger charge is -2.26. The first-order valence-electron chi connectivity index (χ1n) is 16.5. The second-order valence-corrected chi connectivity index (χ2v) is 12.1. The molecular formula is C33H49N9O9. The number of guanidine groups is 1. The molecule has 0 saturated heterocycles. The third-order valence-electron chi connectivity index (χ3n) is 7.60. The number of carbonyl (C=O) groups excluding carboxylic acids is 6. The molecule has 0 spiro atoms. The van der Waals surface area contributed by atoms with Crippen LogP contribution in [0.25, 0.3) is 11.0 Å². The Bertz CT molecular complexity index is 1650. The number of nitrogens with one attached hydrogen (secondary N) is 6. The first-order chi connectivity index (χ1) is 24.0. The number of unbranched alkanes of at least 4 members (excludes halogenated alkanes) is 1. The third kappa shape index (κ3) is 14.5. The van der Waals surface area contributed by atoms with Crippen molar-refractivity contribution in [3.05, 3.63) is 40.2 Å². The van der Waals surface area contributed by atoms with Gasteiger partial charge in [-0.15, -0.1) is 0 Å². The topological polar surface area (TPSA) is 289 Å². The molecule has 1 heterocycles. The molecule has 0 aliphatic carbocycles. The molecule has 0 aliphatic heterocycles. The number of hydrogen-bond donors (Lipinski definition) is 9. The van der Waals surface area contributed by atoms with Crippen molar-refractivity contribution in [1.82, 2.24) is 26.6 Å². The smallest absolute Gasteiger partial charge is 0.336 e. The zero-order chi connectivity index (χ0) is 38.2. The number of amides is 6. The van der Waals surface area contributed by atoms with Crippen LogP contribution in [0.3, 0.4) is 0 Å². The highest BCUT2D eigenvalue weighted by Gasteiger charge is 2.31. The summed E-state index contributed by atoms with van der Waals surface area (Å²) >= 11 is 0. The fourth-order valence-corrected chi connectivity index (χ4v) is 4.97. The van der Waals surface area contributed by atoms with Crippen molar-refractivity contribution in [2.45, 2.75) is 97.0 Å². The summed E-state index contributed by atoms with van der Waals surface area (Å²) < 4.78 is 5.28.